The molecule has 0 bridgehead atoms. The second-order valence-electron chi connectivity index (χ2n) is 5.53. The molecule has 1 aromatic rings. The molecular formula is C13H21NO2. The van der Waals surface area contributed by atoms with Crippen molar-refractivity contribution in [3.8, 4) is 5.75 Å². The Kier molecular flexibility index (Phi) is 3.61. The molecule has 0 aliphatic heterocycles. The van der Waals surface area contributed by atoms with Crippen LogP contribution in [0, 0.1) is 0 Å². The highest BCUT2D eigenvalue weighted by atomic mass is 17.2. The van der Waals surface area contributed by atoms with E-state index >= 15 is 0 Å². The van der Waals surface area contributed by atoms with Crippen molar-refractivity contribution in [2.24, 2.45) is 5.73 Å². The largest absolute Gasteiger partial charge is 0.337 e. The van der Waals surface area contributed by atoms with Crippen molar-refractivity contribution in [3.63, 3.8) is 0 Å². The van der Waals surface area contributed by atoms with Gasteiger partial charge in [-0.25, -0.2) is 0 Å². The molecule has 16 heavy (non-hydrogen) atoms. The SMILES string of the molecule is CC(C)(C)OOc1ccc(C(C)(C)N)cc1. The first-order chi connectivity index (χ1) is 7.18. The van der Waals surface area contributed by atoms with Gasteiger partial charge >= 0.3 is 0 Å². The zero-order valence-corrected chi connectivity index (χ0v) is 10.7. The Morgan fingerprint density at radius 2 is 1.44 bits per heavy atom. The molecule has 0 aliphatic carbocycles. The quantitative estimate of drug-likeness (QED) is 0.633. The summed E-state index contributed by atoms with van der Waals surface area (Å²) >= 11 is 0. The third kappa shape index (κ3) is 4.21. The fraction of sp³-hybridized carbons (Fsp3) is 0.538. The van der Waals surface area contributed by atoms with Crippen molar-refractivity contribution in [2.45, 2.75) is 45.8 Å². The third-order valence-electron chi connectivity index (χ3n) is 1.99. The van der Waals surface area contributed by atoms with Gasteiger partial charge in [-0.1, -0.05) is 12.1 Å². The molecule has 3 nitrogen and oxygen atoms in total. The summed E-state index contributed by atoms with van der Waals surface area (Å²) in [5.74, 6) is 0.683. The van der Waals surface area contributed by atoms with Gasteiger partial charge in [0.15, 0.2) is 5.75 Å². The van der Waals surface area contributed by atoms with Gasteiger partial charge in [0.1, 0.15) is 5.60 Å². The smallest absolute Gasteiger partial charge is 0.165 e. The monoisotopic (exact) mass is 223 g/mol. The van der Waals surface area contributed by atoms with Crippen LogP contribution >= 0.6 is 0 Å². The van der Waals surface area contributed by atoms with E-state index in [-0.39, 0.29) is 11.1 Å². The summed E-state index contributed by atoms with van der Waals surface area (Å²) in [6.45, 7) is 9.74. The summed E-state index contributed by atoms with van der Waals surface area (Å²) < 4.78 is 0. The molecule has 0 saturated carbocycles. The lowest BCUT2D eigenvalue weighted by molar-refractivity contribution is -0.274. The van der Waals surface area contributed by atoms with E-state index in [1.165, 1.54) is 0 Å². The van der Waals surface area contributed by atoms with Crippen LogP contribution in [0.15, 0.2) is 24.3 Å². The van der Waals surface area contributed by atoms with Gasteiger partial charge in [-0.15, -0.1) is 0 Å². The predicted molar refractivity (Wildman–Crippen MR) is 65.1 cm³/mol. The van der Waals surface area contributed by atoms with Crippen LogP contribution in [0.2, 0.25) is 0 Å². The molecule has 0 radical (unpaired) electrons. The van der Waals surface area contributed by atoms with E-state index in [9.17, 15) is 0 Å². The second kappa shape index (κ2) is 4.44. The Labute approximate surface area is 97.5 Å². The lowest BCUT2D eigenvalue weighted by Gasteiger charge is -2.20. The van der Waals surface area contributed by atoms with Gasteiger partial charge in [0.2, 0.25) is 0 Å². The highest BCUT2D eigenvalue weighted by Gasteiger charge is 2.15. The average molecular weight is 223 g/mol. The highest BCUT2D eigenvalue weighted by Crippen LogP contribution is 2.21. The Hall–Kier alpha value is -1.06. The van der Waals surface area contributed by atoms with Crippen LogP contribution in [0.4, 0.5) is 0 Å². The molecule has 0 spiro atoms. The average Bonchev–Trinajstić information content (AvgIpc) is 2.13. The number of hydrogen-bond acceptors (Lipinski definition) is 3. The number of benzene rings is 1. The van der Waals surface area contributed by atoms with E-state index in [0.717, 1.165) is 5.56 Å². The van der Waals surface area contributed by atoms with Crippen LogP contribution in [0.25, 0.3) is 0 Å². The maximum Gasteiger partial charge on any atom is 0.165 e. The maximum absolute atomic E-state index is 5.98. The first kappa shape index (κ1) is 13.0. The van der Waals surface area contributed by atoms with E-state index in [0.29, 0.717) is 5.75 Å². The van der Waals surface area contributed by atoms with Crippen molar-refractivity contribution in [2.75, 3.05) is 0 Å². The molecule has 1 aromatic carbocycles. The zero-order valence-electron chi connectivity index (χ0n) is 10.7. The molecule has 2 N–H and O–H groups in total. The molecule has 1 rings (SSSR count). The summed E-state index contributed by atoms with van der Waals surface area (Å²) in [7, 11) is 0. The minimum Gasteiger partial charge on any atom is -0.337 e. The van der Waals surface area contributed by atoms with Crippen molar-refractivity contribution < 1.29 is 9.78 Å². The molecule has 0 heterocycles. The Morgan fingerprint density at radius 3 is 1.81 bits per heavy atom. The van der Waals surface area contributed by atoms with Crippen LogP contribution in [-0.4, -0.2) is 5.60 Å². The molecule has 0 aromatic heterocycles. The molecule has 3 heteroatoms. The Morgan fingerprint density at radius 1 is 0.938 bits per heavy atom. The molecule has 90 valence electrons. The molecule has 0 fully saturated rings. The van der Waals surface area contributed by atoms with E-state index < -0.39 is 0 Å². The van der Waals surface area contributed by atoms with E-state index in [1.54, 1.807) is 0 Å². The molecule has 0 atom stereocenters. The zero-order chi connectivity index (χ0) is 12.4. The van der Waals surface area contributed by atoms with Crippen LogP contribution in [0.5, 0.6) is 5.75 Å². The topological polar surface area (TPSA) is 44.5 Å². The van der Waals surface area contributed by atoms with Gasteiger partial charge in [-0.2, -0.15) is 4.89 Å². The minimum atomic E-state index is -0.330. The lowest BCUT2D eigenvalue weighted by atomic mass is 9.96. The normalized spacial score (nSPS) is 12.6. The van der Waals surface area contributed by atoms with Gasteiger partial charge < -0.3 is 10.6 Å². The first-order valence-corrected chi connectivity index (χ1v) is 5.43. The van der Waals surface area contributed by atoms with Crippen molar-refractivity contribution >= 4 is 0 Å². The minimum absolute atomic E-state index is 0.314. The van der Waals surface area contributed by atoms with E-state index in [2.05, 4.69) is 0 Å². The van der Waals surface area contributed by atoms with Gasteiger partial charge in [0, 0.05) is 5.54 Å². The van der Waals surface area contributed by atoms with Gasteiger partial charge in [0.25, 0.3) is 0 Å². The van der Waals surface area contributed by atoms with Crippen molar-refractivity contribution in [1.29, 1.82) is 0 Å². The standard InChI is InChI=1S/C13H21NO2/c1-12(2,3)16-15-11-8-6-10(7-9-11)13(4,5)14/h6-9H,14H2,1-5H3. The van der Waals surface area contributed by atoms with Crippen LogP contribution < -0.4 is 10.6 Å². The molecular weight excluding hydrogens is 202 g/mol. The number of nitrogens with two attached hydrogens (primary N) is 1. The fourth-order valence-corrected chi connectivity index (χ4v) is 1.11. The van der Waals surface area contributed by atoms with Gasteiger partial charge in [-0.05, 0) is 52.3 Å². The summed E-state index contributed by atoms with van der Waals surface area (Å²) in [5.41, 5.74) is 6.40. The molecule has 0 aliphatic rings. The summed E-state index contributed by atoms with van der Waals surface area (Å²) in [4.78, 5) is 10.4. The van der Waals surface area contributed by atoms with Gasteiger partial charge in [0.05, 0.1) is 0 Å². The van der Waals surface area contributed by atoms with Crippen LogP contribution in [0.1, 0.15) is 40.2 Å². The van der Waals surface area contributed by atoms with E-state index in [1.807, 2.05) is 58.9 Å². The number of hydrogen-bond donors (Lipinski definition) is 1. The first-order valence-electron chi connectivity index (χ1n) is 5.43. The highest BCUT2D eigenvalue weighted by molar-refractivity contribution is 5.30. The molecule has 0 saturated heterocycles. The third-order valence-corrected chi connectivity index (χ3v) is 1.99. The summed E-state index contributed by atoms with van der Waals surface area (Å²) in [5, 5.41) is 0. The van der Waals surface area contributed by atoms with Crippen LogP contribution in [0.3, 0.4) is 0 Å². The lowest BCUT2D eigenvalue weighted by Crippen LogP contribution is -2.28. The molecule has 0 unspecified atom stereocenters. The second-order valence-corrected chi connectivity index (χ2v) is 5.53. The van der Waals surface area contributed by atoms with E-state index in [4.69, 9.17) is 15.5 Å². The number of rotatable bonds is 3. The molecule has 0 amide bonds. The fourth-order valence-electron chi connectivity index (χ4n) is 1.11. The van der Waals surface area contributed by atoms with Crippen LogP contribution in [-0.2, 0) is 10.4 Å². The van der Waals surface area contributed by atoms with Crippen molar-refractivity contribution in [3.05, 3.63) is 29.8 Å². The Balaban J connectivity index is 2.66. The van der Waals surface area contributed by atoms with Gasteiger partial charge in [-0.3, -0.25) is 0 Å². The maximum atomic E-state index is 5.98. The summed E-state index contributed by atoms with van der Waals surface area (Å²) in [6.07, 6.45) is 0. The van der Waals surface area contributed by atoms with Crippen molar-refractivity contribution in [1.82, 2.24) is 0 Å². The predicted octanol–water partition coefficient (Wildman–Crippen LogP) is 2.99. The summed E-state index contributed by atoms with van der Waals surface area (Å²) in [6, 6.07) is 7.61. The Bertz CT molecular complexity index is 330.